The molecule has 1 aromatic carbocycles. The summed E-state index contributed by atoms with van der Waals surface area (Å²) in [5.74, 6) is 1.43. The predicted molar refractivity (Wildman–Crippen MR) is 58.8 cm³/mol. The summed E-state index contributed by atoms with van der Waals surface area (Å²) < 4.78 is 1.24. The molecule has 2 rings (SSSR count). The van der Waals surface area contributed by atoms with E-state index < -0.39 is 0 Å². The maximum Gasteiger partial charge on any atom is 0.0212 e. The Morgan fingerprint density at radius 1 is 1.54 bits per heavy atom. The molecule has 1 aromatic rings. The lowest BCUT2D eigenvalue weighted by Crippen LogP contribution is -2.02. The Labute approximate surface area is 87.5 Å². The van der Waals surface area contributed by atoms with Crippen LogP contribution in [0.4, 0.5) is 0 Å². The van der Waals surface area contributed by atoms with Crippen LogP contribution in [-0.2, 0) is 0 Å². The van der Waals surface area contributed by atoms with Crippen molar-refractivity contribution in [2.75, 3.05) is 6.54 Å². The van der Waals surface area contributed by atoms with Crippen LogP contribution in [-0.4, -0.2) is 6.54 Å². The molecule has 0 bridgehead atoms. The highest BCUT2D eigenvalue weighted by Gasteiger charge is 2.37. The molecule has 0 amide bonds. The minimum atomic E-state index is 0.708. The van der Waals surface area contributed by atoms with Gasteiger partial charge in [-0.2, -0.15) is 0 Å². The van der Waals surface area contributed by atoms with E-state index in [9.17, 15) is 0 Å². The zero-order valence-corrected chi connectivity index (χ0v) is 9.34. The molecule has 70 valence electrons. The van der Waals surface area contributed by atoms with Crippen LogP contribution in [0.2, 0.25) is 0 Å². The molecule has 0 unspecified atom stereocenters. The molecule has 2 N–H and O–H groups in total. The number of halogens is 1. The van der Waals surface area contributed by atoms with Crippen molar-refractivity contribution in [3.8, 4) is 0 Å². The van der Waals surface area contributed by atoms with E-state index in [-0.39, 0.29) is 0 Å². The van der Waals surface area contributed by atoms with Crippen LogP contribution in [0.5, 0.6) is 0 Å². The molecule has 0 aliphatic heterocycles. The van der Waals surface area contributed by atoms with Gasteiger partial charge in [-0.05, 0) is 48.9 Å². The zero-order chi connectivity index (χ0) is 9.42. The molecular formula is C11H14BrN. The first-order valence-electron chi connectivity index (χ1n) is 4.68. The fraction of sp³-hybridized carbons (Fsp3) is 0.455. The van der Waals surface area contributed by atoms with Crippen molar-refractivity contribution in [2.45, 2.75) is 19.3 Å². The van der Waals surface area contributed by atoms with Crippen molar-refractivity contribution in [3.05, 3.63) is 33.8 Å². The van der Waals surface area contributed by atoms with Gasteiger partial charge in [0, 0.05) is 4.47 Å². The molecule has 1 nitrogen and oxygen atoms in total. The van der Waals surface area contributed by atoms with E-state index in [0.717, 1.165) is 12.5 Å². The molecule has 1 saturated carbocycles. The minimum Gasteiger partial charge on any atom is -0.330 e. The fourth-order valence-corrected chi connectivity index (χ4v) is 2.61. The zero-order valence-electron chi connectivity index (χ0n) is 7.76. The van der Waals surface area contributed by atoms with E-state index in [0.29, 0.717) is 5.92 Å². The van der Waals surface area contributed by atoms with Gasteiger partial charge in [0.2, 0.25) is 0 Å². The molecule has 1 aliphatic rings. The Bertz CT molecular complexity index is 322. The molecule has 0 radical (unpaired) electrons. The van der Waals surface area contributed by atoms with E-state index in [2.05, 4.69) is 41.1 Å². The van der Waals surface area contributed by atoms with E-state index in [1.54, 1.807) is 0 Å². The third kappa shape index (κ3) is 1.79. The normalized spacial score (nSPS) is 26.1. The number of nitrogens with two attached hydrogens (primary N) is 1. The average molecular weight is 240 g/mol. The average Bonchev–Trinajstić information content (AvgIpc) is 2.83. The number of hydrogen-bond donors (Lipinski definition) is 1. The summed E-state index contributed by atoms with van der Waals surface area (Å²) in [5, 5.41) is 0. The highest BCUT2D eigenvalue weighted by Crippen LogP contribution is 2.48. The van der Waals surface area contributed by atoms with Gasteiger partial charge < -0.3 is 5.73 Å². The van der Waals surface area contributed by atoms with Crippen molar-refractivity contribution in [3.63, 3.8) is 0 Å². The van der Waals surface area contributed by atoms with Crippen molar-refractivity contribution in [2.24, 2.45) is 11.7 Å². The van der Waals surface area contributed by atoms with E-state index >= 15 is 0 Å². The summed E-state index contributed by atoms with van der Waals surface area (Å²) in [6.45, 7) is 2.94. The second-order valence-electron chi connectivity index (χ2n) is 3.86. The number of rotatable bonds is 2. The highest BCUT2D eigenvalue weighted by molar-refractivity contribution is 9.10. The van der Waals surface area contributed by atoms with Gasteiger partial charge in [-0.25, -0.2) is 0 Å². The molecule has 2 heteroatoms. The van der Waals surface area contributed by atoms with Crippen LogP contribution >= 0.6 is 15.9 Å². The number of aryl methyl sites for hydroxylation is 1. The number of hydrogen-bond acceptors (Lipinski definition) is 1. The van der Waals surface area contributed by atoms with Crippen molar-refractivity contribution in [1.29, 1.82) is 0 Å². The van der Waals surface area contributed by atoms with Gasteiger partial charge in [-0.15, -0.1) is 0 Å². The Balaban J connectivity index is 2.22. The molecule has 0 aromatic heterocycles. The number of benzene rings is 1. The lowest BCUT2D eigenvalue weighted by atomic mass is 10.1. The maximum atomic E-state index is 5.63. The van der Waals surface area contributed by atoms with Crippen molar-refractivity contribution in [1.82, 2.24) is 0 Å². The van der Waals surface area contributed by atoms with Crippen LogP contribution in [0, 0.1) is 12.8 Å². The summed E-state index contributed by atoms with van der Waals surface area (Å²) in [4.78, 5) is 0. The van der Waals surface area contributed by atoms with Crippen molar-refractivity contribution >= 4 is 15.9 Å². The summed E-state index contributed by atoms with van der Waals surface area (Å²) in [5.41, 5.74) is 8.36. The summed E-state index contributed by atoms with van der Waals surface area (Å²) >= 11 is 3.60. The SMILES string of the molecule is Cc1ccc([C@H]2C[C@@H]2CN)c(Br)c1. The van der Waals surface area contributed by atoms with Crippen LogP contribution < -0.4 is 5.73 Å². The van der Waals surface area contributed by atoms with Crippen LogP contribution in [0.15, 0.2) is 22.7 Å². The monoisotopic (exact) mass is 239 g/mol. The van der Waals surface area contributed by atoms with E-state index in [1.807, 2.05) is 0 Å². The lowest BCUT2D eigenvalue weighted by molar-refractivity contribution is 0.808. The van der Waals surface area contributed by atoms with Gasteiger partial charge in [-0.1, -0.05) is 28.1 Å². The smallest absolute Gasteiger partial charge is 0.0212 e. The van der Waals surface area contributed by atoms with Gasteiger partial charge >= 0.3 is 0 Å². The topological polar surface area (TPSA) is 26.0 Å². The molecule has 1 fully saturated rings. The fourth-order valence-electron chi connectivity index (χ4n) is 1.82. The summed E-state index contributed by atoms with van der Waals surface area (Å²) in [6.07, 6.45) is 1.26. The molecule has 0 saturated heterocycles. The minimum absolute atomic E-state index is 0.708. The standard InChI is InChI=1S/C11H14BrN/c1-7-2-3-9(11(12)4-7)10-5-8(10)6-13/h2-4,8,10H,5-6,13H2,1H3/t8-,10+/m1/s1. The van der Waals surface area contributed by atoms with E-state index in [4.69, 9.17) is 5.73 Å². The van der Waals surface area contributed by atoms with Gasteiger partial charge in [0.25, 0.3) is 0 Å². The van der Waals surface area contributed by atoms with E-state index in [1.165, 1.54) is 22.0 Å². The summed E-state index contributed by atoms with van der Waals surface area (Å²) in [7, 11) is 0. The second kappa shape index (κ2) is 3.43. The van der Waals surface area contributed by atoms with Gasteiger partial charge in [-0.3, -0.25) is 0 Å². The first-order chi connectivity index (χ1) is 6.22. The van der Waals surface area contributed by atoms with Gasteiger partial charge in [0.05, 0.1) is 0 Å². The van der Waals surface area contributed by atoms with Gasteiger partial charge in [0.1, 0.15) is 0 Å². The van der Waals surface area contributed by atoms with Gasteiger partial charge in [0.15, 0.2) is 0 Å². The molecule has 2 atom stereocenters. The van der Waals surface area contributed by atoms with Crippen molar-refractivity contribution < 1.29 is 0 Å². The Morgan fingerprint density at radius 3 is 2.85 bits per heavy atom. The molecule has 13 heavy (non-hydrogen) atoms. The molecule has 0 heterocycles. The van der Waals surface area contributed by atoms with Crippen LogP contribution in [0.1, 0.15) is 23.5 Å². The quantitative estimate of drug-likeness (QED) is 0.845. The highest BCUT2D eigenvalue weighted by atomic mass is 79.9. The molecular weight excluding hydrogens is 226 g/mol. The Kier molecular flexibility index (Phi) is 2.43. The van der Waals surface area contributed by atoms with Crippen LogP contribution in [0.3, 0.4) is 0 Å². The third-order valence-corrected chi connectivity index (χ3v) is 3.47. The Morgan fingerprint density at radius 2 is 2.31 bits per heavy atom. The molecule has 1 aliphatic carbocycles. The molecule has 0 spiro atoms. The largest absolute Gasteiger partial charge is 0.330 e. The first kappa shape index (κ1) is 9.22. The lowest BCUT2D eigenvalue weighted by Gasteiger charge is -2.04. The van der Waals surface area contributed by atoms with Crippen LogP contribution in [0.25, 0.3) is 0 Å². The Hall–Kier alpha value is -0.340. The first-order valence-corrected chi connectivity index (χ1v) is 5.48. The second-order valence-corrected chi connectivity index (χ2v) is 4.72. The third-order valence-electron chi connectivity index (χ3n) is 2.78. The predicted octanol–water partition coefficient (Wildman–Crippen LogP) is 2.82. The maximum absolute atomic E-state index is 5.63. The summed E-state index contributed by atoms with van der Waals surface area (Å²) in [6, 6.07) is 6.58.